The molecule has 6 nitrogen and oxygen atoms in total. The van der Waals surface area contributed by atoms with Crippen LogP contribution in [0.5, 0.6) is 0 Å². The number of carboxylic acids is 1. The Morgan fingerprint density at radius 3 is 2.59 bits per heavy atom. The number of benzene rings is 1. The van der Waals surface area contributed by atoms with Crippen LogP contribution in [0.1, 0.15) is 34.6 Å². The van der Waals surface area contributed by atoms with Gasteiger partial charge in [-0.2, -0.15) is 0 Å². The molecule has 2 unspecified atom stereocenters. The topological polar surface area (TPSA) is 80.6 Å². The van der Waals surface area contributed by atoms with Gasteiger partial charge in [0.05, 0.1) is 12.2 Å². The lowest BCUT2D eigenvalue weighted by Crippen LogP contribution is -2.48. The second-order valence-electron chi connectivity index (χ2n) is 6.86. The van der Waals surface area contributed by atoms with E-state index in [1.165, 1.54) is 0 Å². The second-order valence-corrected chi connectivity index (χ2v) is 7.30. The van der Waals surface area contributed by atoms with Gasteiger partial charge in [0, 0.05) is 34.6 Å². The summed E-state index contributed by atoms with van der Waals surface area (Å²) in [5, 5.41) is 12.9. The van der Waals surface area contributed by atoms with E-state index in [9.17, 15) is 14.7 Å². The molecule has 1 saturated heterocycles. The maximum Gasteiger partial charge on any atom is 0.326 e. The van der Waals surface area contributed by atoms with Crippen molar-refractivity contribution in [3.63, 3.8) is 0 Å². The van der Waals surface area contributed by atoms with Crippen LogP contribution >= 0.6 is 11.6 Å². The van der Waals surface area contributed by atoms with Crippen molar-refractivity contribution in [2.24, 2.45) is 5.92 Å². The lowest BCUT2D eigenvalue weighted by molar-refractivity contribution is -0.142. The molecule has 0 saturated carbocycles. The Kier molecular flexibility index (Phi) is 5.87. The van der Waals surface area contributed by atoms with E-state index < -0.39 is 12.0 Å². The molecule has 2 N–H and O–H groups in total. The summed E-state index contributed by atoms with van der Waals surface area (Å²) in [6, 6.07) is 8.15. The molecule has 0 bridgehead atoms. The second kappa shape index (κ2) is 8.15. The van der Waals surface area contributed by atoms with Crippen LogP contribution in [0.15, 0.2) is 30.3 Å². The molecule has 1 aliphatic rings. The highest BCUT2D eigenvalue weighted by Crippen LogP contribution is 2.23. The van der Waals surface area contributed by atoms with Crippen molar-refractivity contribution in [3.8, 4) is 5.69 Å². The van der Waals surface area contributed by atoms with Gasteiger partial charge in [-0.15, -0.1) is 0 Å². The number of amides is 1. The van der Waals surface area contributed by atoms with Gasteiger partial charge in [-0.3, -0.25) is 4.79 Å². The Bertz CT molecular complexity index is 838. The maximum absolute atomic E-state index is 12.8. The molecule has 1 aromatic heterocycles. The third-order valence-electron chi connectivity index (χ3n) is 4.98. The van der Waals surface area contributed by atoms with Crippen LogP contribution in [0.25, 0.3) is 5.69 Å². The number of ether oxygens (including phenoxy) is 1. The molecule has 1 aliphatic heterocycles. The number of rotatable bonds is 5. The Hall–Kier alpha value is -2.31. The van der Waals surface area contributed by atoms with Crippen molar-refractivity contribution >= 4 is 23.5 Å². The molecule has 1 fully saturated rings. The van der Waals surface area contributed by atoms with Crippen LogP contribution in [0.4, 0.5) is 0 Å². The maximum atomic E-state index is 12.8. The quantitative estimate of drug-likeness (QED) is 0.820. The minimum Gasteiger partial charge on any atom is -0.480 e. The fraction of sp³-hybridized carbons (Fsp3) is 0.400. The van der Waals surface area contributed by atoms with E-state index >= 15 is 0 Å². The Labute approximate surface area is 163 Å². The lowest BCUT2D eigenvalue weighted by atomic mass is 9.93. The molecular formula is C20H23ClN2O4. The average molecular weight is 391 g/mol. The van der Waals surface area contributed by atoms with E-state index in [-0.39, 0.29) is 11.8 Å². The first kappa shape index (κ1) is 19.5. The Morgan fingerprint density at radius 1 is 1.30 bits per heavy atom. The van der Waals surface area contributed by atoms with Crippen molar-refractivity contribution < 1.29 is 19.4 Å². The van der Waals surface area contributed by atoms with Crippen molar-refractivity contribution in [2.75, 3.05) is 13.2 Å². The van der Waals surface area contributed by atoms with E-state index in [4.69, 9.17) is 16.3 Å². The van der Waals surface area contributed by atoms with Crippen molar-refractivity contribution in [1.82, 2.24) is 9.88 Å². The molecule has 0 spiro atoms. The van der Waals surface area contributed by atoms with E-state index in [0.717, 1.165) is 29.9 Å². The lowest BCUT2D eigenvalue weighted by Gasteiger charge is -2.28. The minimum atomic E-state index is -1.04. The van der Waals surface area contributed by atoms with Crippen LogP contribution in [-0.2, 0) is 9.53 Å². The van der Waals surface area contributed by atoms with Gasteiger partial charge >= 0.3 is 5.97 Å². The zero-order chi connectivity index (χ0) is 19.6. The number of hydrogen-bond donors (Lipinski definition) is 2. The summed E-state index contributed by atoms with van der Waals surface area (Å²) in [6.45, 7) is 4.73. The average Bonchev–Trinajstić information content (AvgIpc) is 2.95. The Morgan fingerprint density at radius 2 is 2.00 bits per heavy atom. The third kappa shape index (κ3) is 4.17. The SMILES string of the molecule is Cc1cc(C(=O)NC(C(=O)O)C2CCCOC2)c(C)n1-c1ccc(Cl)cc1. The van der Waals surface area contributed by atoms with Gasteiger partial charge in [0.2, 0.25) is 0 Å². The number of aryl methyl sites for hydroxylation is 1. The van der Waals surface area contributed by atoms with Gasteiger partial charge in [0.15, 0.2) is 0 Å². The van der Waals surface area contributed by atoms with Crippen LogP contribution in [0.3, 0.4) is 0 Å². The standard InChI is InChI=1S/C20H23ClN2O4/c1-12-10-17(13(2)23(12)16-7-5-15(21)6-8-16)19(24)22-18(20(25)26)14-4-3-9-27-11-14/h5-8,10,14,18H,3-4,9,11H2,1-2H3,(H,22,24)(H,25,26). The van der Waals surface area contributed by atoms with Crippen LogP contribution < -0.4 is 5.32 Å². The number of carbonyl (C=O) groups excluding carboxylic acids is 1. The number of nitrogens with zero attached hydrogens (tertiary/aromatic N) is 1. The zero-order valence-electron chi connectivity index (χ0n) is 15.4. The summed E-state index contributed by atoms with van der Waals surface area (Å²) in [7, 11) is 0. The summed E-state index contributed by atoms with van der Waals surface area (Å²) < 4.78 is 7.33. The highest BCUT2D eigenvalue weighted by atomic mass is 35.5. The molecule has 2 atom stereocenters. The predicted octanol–water partition coefficient (Wildman–Crippen LogP) is 3.36. The fourth-order valence-electron chi connectivity index (χ4n) is 3.61. The number of nitrogens with one attached hydrogen (secondary N) is 1. The molecule has 0 radical (unpaired) electrons. The molecule has 2 heterocycles. The van der Waals surface area contributed by atoms with Crippen molar-refractivity contribution in [3.05, 3.63) is 52.3 Å². The molecule has 27 heavy (non-hydrogen) atoms. The molecule has 2 aromatic rings. The van der Waals surface area contributed by atoms with Gasteiger partial charge < -0.3 is 19.7 Å². The normalized spacial score (nSPS) is 18.1. The van der Waals surface area contributed by atoms with Crippen LogP contribution in [0.2, 0.25) is 5.02 Å². The van der Waals surface area contributed by atoms with Crippen LogP contribution in [0, 0.1) is 19.8 Å². The van der Waals surface area contributed by atoms with Crippen molar-refractivity contribution in [1.29, 1.82) is 0 Å². The van der Waals surface area contributed by atoms with Gasteiger partial charge in [-0.1, -0.05) is 11.6 Å². The van der Waals surface area contributed by atoms with Crippen molar-refractivity contribution in [2.45, 2.75) is 32.7 Å². The van der Waals surface area contributed by atoms with E-state index in [0.29, 0.717) is 23.8 Å². The first-order valence-corrected chi connectivity index (χ1v) is 9.32. The van der Waals surface area contributed by atoms with Gasteiger partial charge in [-0.05, 0) is 57.0 Å². The highest BCUT2D eigenvalue weighted by molar-refractivity contribution is 6.30. The summed E-state index contributed by atoms with van der Waals surface area (Å²) in [4.78, 5) is 24.5. The summed E-state index contributed by atoms with van der Waals surface area (Å²) in [5.41, 5.74) is 2.98. The van der Waals surface area contributed by atoms with E-state index in [1.807, 2.05) is 30.5 Å². The monoisotopic (exact) mass is 390 g/mol. The van der Waals surface area contributed by atoms with Crippen LogP contribution in [-0.4, -0.2) is 40.8 Å². The number of halogens is 1. The first-order valence-electron chi connectivity index (χ1n) is 8.94. The molecule has 3 rings (SSSR count). The largest absolute Gasteiger partial charge is 0.480 e. The Balaban J connectivity index is 1.85. The van der Waals surface area contributed by atoms with Gasteiger partial charge in [0.1, 0.15) is 6.04 Å². The first-order chi connectivity index (χ1) is 12.9. The highest BCUT2D eigenvalue weighted by Gasteiger charge is 2.32. The molecule has 1 amide bonds. The molecule has 144 valence electrons. The number of aliphatic carboxylic acids is 1. The van der Waals surface area contributed by atoms with Gasteiger partial charge in [-0.25, -0.2) is 4.79 Å². The summed E-state index contributed by atoms with van der Waals surface area (Å²) in [5.74, 6) is -1.65. The third-order valence-corrected chi connectivity index (χ3v) is 5.23. The number of aromatic nitrogens is 1. The summed E-state index contributed by atoms with van der Waals surface area (Å²) in [6.07, 6.45) is 1.52. The smallest absolute Gasteiger partial charge is 0.326 e. The molecule has 1 aromatic carbocycles. The molecular weight excluding hydrogens is 368 g/mol. The molecule has 0 aliphatic carbocycles. The zero-order valence-corrected chi connectivity index (χ0v) is 16.1. The van der Waals surface area contributed by atoms with Gasteiger partial charge in [0.25, 0.3) is 5.91 Å². The minimum absolute atomic E-state index is 0.222. The number of hydrogen-bond acceptors (Lipinski definition) is 3. The number of carboxylic acid groups (broad SMARTS) is 1. The predicted molar refractivity (Wildman–Crippen MR) is 103 cm³/mol. The fourth-order valence-corrected chi connectivity index (χ4v) is 3.73. The van der Waals surface area contributed by atoms with E-state index in [2.05, 4.69) is 5.32 Å². The molecule has 7 heteroatoms. The number of carbonyl (C=O) groups is 2. The van der Waals surface area contributed by atoms with E-state index in [1.54, 1.807) is 18.2 Å². The summed E-state index contributed by atoms with van der Waals surface area (Å²) >= 11 is 5.96.